The van der Waals surface area contributed by atoms with Gasteiger partial charge in [-0.15, -0.1) is 0 Å². The van der Waals surface area contributed by atoms with Crippen LogP contribution in [0, 0.1) is 0 Å². The Morgan fingerprint density at radius 2 is 1.88 bits per heavy atom. The number of nitrogens with one attached hydrogen (secondary N) is 2. The van der Waals surface area contributed by atoms with E-state index in [9.17, 15) is 18.0 Å². The number of aryl methyl sites for hydroxylation is 2. The van der Waals surface area contributed by atoms with Crippen LogP contribution in [-0.2, 0) is 37.3 Å². The fraction of sp³-hybridized carbons (Fsp3) is 0.609. The number of fused-ring (bicyclic) bond motifs is 1. The number of rotatable bonds is 8. The molecule has 188 valence electrons. The van der Waals surface area contributed by atoms with Gasteiger partial charge in [0.1, 0.15) is 11.9 Å². The highest BCUT2D eigenvalue weighted by Gasteiger charge is 2.27. The molecule has 1 aromatic heterocycles. The van der Waals surface area contributed by atoms with Crippen molar-refractivity contribution in [2.24, 2.45) is 0 Å². The first-order chi connectivity index (χ1) is 15.9. The van der Waals surface area contributed by atoms with Crippen molar-refractivity contribution in [1.29, 1.82) is 0 Å². The summed E-state index contributed by atoms with van der Waals surface area (Å²) in [5.41, 5.74) is 1.01. The lowest BCUT2D eigenvalue weighted by Crippen LogP contribution is -2.50. The maximum Gasteiger partial charge on any atom is 0.243 e. The summed E-state index contributed by atoms with van der Waals surface area (Å²) < 4.78 is 34.7. The molecule has 1 saturated heterocycles. The Hall–Kier alpha value is -2.50. The SMILES string of the molecule is CCn1c(CCC(=O)NC(C)C(=O)NC(C)(C)C)nc2cc(S(=O)(=O)N3CCOCC3)ccc21. The van der Waals surface area contributed by atoms with E-state index in [2.05, 4.69) is 15.6 Å². The van der Waals surface area contributed by atoms with E-state index in [0.717, 1.165) is 5.52 Å². The average Bonchev–Trinajstić information content (AvgIpc) is 3.13. The third-order valence-electron chi connectivity index (χ3n) is 5.57. The number of amides is 2. The highest BCUT2D eigenvalue weighted by molar-refractivity contribution is 7.89. The van der Waals surface area contributed by atoms with Crippen molar-refractivity contribution < 1.29 is 22.7 Å². The minimum Gasteiger partial charge on any atom is -0.379 e. The van der Waals surface area contributed by atoms with Crippen molar-refractivity contribution >= 4 is 32.9 Å². The number of carbonyl (C=O) groups excluding carboxylic acids is 2. The zero-order chi connectivity index (χ0) is 25.1. The van der Waals surface area contributed by atoms with Crippen LogP contribution in [0.25, 0.3) is 11.0 Å². The summed E-state index contributed by atoms with van der Waals surface area (Å²) in [6, 6.07) is 4.31. The van der Waals surface area contributed by atoms with Gasteiger partial charge >= 0.3 is 0 Å². The van der Waals surface area contributed by atoms with Gasteiger partial charge in [-0.1, -0.05) is 0 Å². The molecule has 1 atom stereocenters. The maximum absolute atomic E-state index is 13.0. The van der Waals surface area contributed by atoms with Crippen LogP contribution in [0.5, 0.6) is 0 Å². The third-order valence-corrected chi connectivity index (χ3v) is 7.46. The van der Waals surface area contributed by atoms with Crippen molar-refractivity contribution in [2.45, 2.75) is 70.5 Å². The molecule has 3 rings (SSSR count). The number of sulfonamides is 1. The molecule has 11 heteroatoms. The zero-order valence-corrected chi connectivity index (χ0v) is 21.4. The van der Waals surface area contributed by atoms with E-state index in [0.29, 0.717) is 50.6 Å². The number of hydrogen-bond acceptors (Lipinski definition) is 6. The van der Waals surface area contributed by atoms with Crippen molar-refractivity contribution in [3.63, 3.8) is 0 Å². The van der Waals surface area contributed by atoms with E-state index in [1.54, 1.807) is 25.1 Å². The molecular weight excluding hydrogens is 458 g/mol. The summed E-state index contributed by atoms with van der Waals surface area (Å²) in [7, 11) is -3.62. The first-order valence-corrected chi connectivity index (χ1v) is 13.0. The molecule has 1 fully saturated rings. The van der Waals surface area contributed by atoms with Gasteiger partial charge in [0.2, 0.25) is 21.8 Å². The van der Waals surface area contributed by atoms with E-state index < -0.39 is 16.1 Å². The van der Waals surface area contributed by atoms with E-state index in [1.165, 1.54) is 4.31 Å². The summed E-state index contributed by atoms with van der Waals surface area (Å²) in [5, 5.41) is 5.57. The number of morpholine rings is 1. The fourth-order valence-corrected chi connectivity index (χ4v) is 5.31. The van der Waals surface area contributed by atoms with Crippen molar-refractivity contribution in [3.8, 4) is 0 Å². The summed E-state index contributed by atoms with van der Waals surface area (Å²) in [6.07, 6.45) is 0.531. The molecule has 2 heterocycles. The van der Waals surface area contributed by atoms with Gasteiger partial charge in [0.25, 0.3) is 0 Å². The average molecular weight is 494 g/mol. The number of hydrogen-bond donors (Lipinski definition) is 2. The van der Waals surface area contributed by atoms with Crippen LogP contribution in [-0.4, -0.2) is 72.0 Å². The Kier molecular flexibility index (Phi) is 7.99. The van der Waals surface area contributed by atoms with Crippen LogP contribution in [0.1, 0.15) is 46.9 Å². The Bertz CT molecular complexity index is 1150. The van der Waals surface area contributed by atoms with Gasteiger partial charge in [-0.25, -0.2) is 13.4 Å². The molecule has 1 aromatic carbocycles. The lowest BCUT2D eigenvalue weighted by Gasteiger charge is -2.26. The number of carbonyl (C=O) groups is 2. The van der Waals surface area contributed by atoms with Crippen LogP contribution in [0.3, 0.4) is 0 Å². The second-order valence-corrected chi connectivity index (χ2v) is 11.4. The normalized spacial score (nSPS) is 16.4. The molecule has 2 N–H and O–H groups in total. The maximum atomic E-state index is 13.0. The summed E-state index contributed by atoms with van der Waals surface area (Å²) in [5.74, 6) is 0.206. The molecule has 0 radical (unpaired) electrons. The molecule has 1 aliphatic rings. The van der Waals surface area contributed by atoms with Gasteiger partial charge in [-0.3, -0.25) is 9.59 Å². The minimum absolute atomic E-state index is 0.162. The van der Waals surface area contributed by atoms with E-state index in [4.69, 9.17) is 4.74 Å². The van der Waals surface area contributed by atoms with Gasteiger partial charge in [0.05, 0.1) is 29.1 Å². The van der Waals surface area contributed by atoms with E-state index in [1.807, 2.05) is 32.3 Å². The molecular formula is C23H35N5O5S. The van der Waals surface area contributed by atoms with Gasteiger partial charge in [0.15, 0.2) is 0 Å². The zero-order valence-electron chi connectivity index (χ0n) is 20.6. The van der Waals surface area contributed by atoms with Crippen LogP contribution < -0.4 is 10.6 Å². The molecule has 2 aromatic rings. The van der Waals surface area contributed by atoms with Crippen LogP contribution in [0.2, 0.25) is 0 Å². The van der Waals surface area contributed by atoms with Gasteiger partial charge in [0, 0.05) is 38.0 Å². The molecule has 2 amide bonds. The topological polar surface area (TPSA) is 123 Å². The molecule has 0 aliphatic carbocycles. The van der Waals surface area contributed by atoms with Crippen molar-refractivity contribution in [3.05, 3.63) is 24.0 Å². The minimum atomic E-state index is -3.62. The first kappa shape index (κ1) is 26.1. The van der Waals surface area contributed by atoms with Crippen LogP contribution in [0.15, 0.2) is 23.1 Å². The molecule has 0 saturated carbocycles. The summed E-state index contributed by atoms with van der Waals surface area (Å²) in [4.78, 5) is 29.5. The van der Waals surface area contributed by atoms with Gasteiger partial charge in [-0.05, 0) is 52.8 Å². The lowest BCUT2D eigenvalue weighted by atomic mass is 10.1. The molecule has 1 unspecified atom stereocenters. The highest BCUT2D eigenvalue weighted by atomic mass is 32.2. The summed E-state index contributed by atoms with van der Waals surface area (Å²) in [6.45, 7) is 11.3. The monoisotopic (exact) mass is 493 g/mol. The molecule has 0 bridgehead atoms. The number of aromatic nitrogens is 2. The molecule has 10 nitrogen and oxygen atoms in total. The Labute approximate surface area is 201 Å². The number of benzene rings is 1. The van der Waals surface area contributed by atoms with Gasteiger partial charge < -0.3 is 19.9 Å². The second-order valence-electron chi connectivity index (χ2n) is 9.47. The fourth-order valence-electron chi connectivity index (χ4n) is 3.88. The Balaban J connectivity index is 1.72. The Morgan fingerprint density at radius 3 is 2.50 bits per heavy atom. The first-order valence-electron chi connectivity index (χ1n) is 11.6. The smallest absolute Gasteiger partial charge is 0.243 e. The third kappa shape index (κ3) is 6.13. The number of imidazole rings is 1. The predicted octanol–water partition coefficient (Wildman–Crippen LogP) is 1.43. The largest absolute Gasteiger partial charge is 0.379 e. The highest BCUT2D eigenvalue weighted by Crippen LogP contribution is 2.24. The lowest BCUT2D eigenvalue weighted by molar-refractivity contribution is -0.129. The summed E-state index contributed by atoms with van der Waals surface area (Å²) >= 11 is 0. The quantitative estimate of drug-likeness (QED) is 0.574. The molecule has 34 heavy (non-hydrogen) atoms. The van der Waals surface area contributed by atoms with Crippen molar-refractivity contribution in [1.82, 2.24) is 24.5 Å². The van der Waals surface area contributed by atoms with Gasteiger partial charge in [-0.2, -0.15) is 4.31 Å². The Morgan fingerprint density at radius 1 is 1.21 bits per heavy atom. The number of ether oxygens (including phenoxy) is 1. The van der Waals surface area contributed by atoms with Crippen LogP contribution in [0.4, 0.5) is 0 Å². The number of nitrogens with zero attached hydrogens (tertiary/aromatic N) is 3. The van der Waals surface area contributed by atoms with Crippen LogP contribution >= 0.6 is 0 Å². The predicted molar refractivity (Wildman–Crippen MR) is 129 cm³/mol. The molecule has 1 aliphatic heterocycles. The van der Waals surface area contributed by atoms with E-state index >= 15 is 0 Å². The second kappa shape index (κ2) is 10.4. The van der Waals surface area contributed by atoms with Crippen molar-refractivity contribution in [2.75, 3.05) is 26.3 Å². The molecule has 0 spiro atoms. The van der Waals surface area contributed by atoms with E-state index in [-0.39, 0.29) is 28.7 Å². The standard InChI is InChI=1S/C23H35N5O5S/c1-6-28-19-8-7-17(34(31,32)27-11-13-33-14-12-27)15-18(19)25-20(28)9-10-21(29)24-16(2)22(30)26-23(3,4)5/h7-8,15-16H,6,9-14H2,1-5H3,(H,24,29)(H,26,30).